The standard InChI is InChI=1S/C37H58N2O3/c1-3-5-7-9-11-12-13-14-15-16-18-20-22-32-42-37(40)33-23-25-34(26-24-33)38-39-35-27-29-36(30-28-35)41-31-21-19-17-10-8-6-4-2/h23-30H,3-22,31-32H2,1-2H3. The van der Waals surface area contributed by atoms with E-state index in [2.05, 4.69) is 24.1 Å². The summed E-state index contributed by atoms with van der Waals surface area (Å²) in [5.41, 5.74) is 2.01. The van der Waals surface area contributed by atoms with Gasteiger partial charge in [-0.1, -0.05) is 129 Å². The first-order valence-corrected chi connectivity index (χ1v) is 17.1. The monoisotopic (exact) mass is 578 g/mol. The Labute approximate surface area is 256 Å². The second-order valence-electron chi connectivity index (χ2n) is 11.6. The van der Waals surface area contributed by atoms with E-state index in [0.717, 1.165) is 37.3 Å². The van der Waals surface area contributed by atoms with Crippen LogP contribution in [0, 0.1) is 0 Å². The van der Waals surface area contributed by atoms with Crippen molar-refractivity contribution < 1.29 is 14.3 Å². The SMILES string of the molecule is CCCCCCCCCCCCCCCOC(=O)c1ccc(N=Nc2ccc(OCCCCCCCCC)cc2)cc1. The molecule has 0 N–H and O–H groups in total. The minimum absolute atomic E-state index is 0.274. The van der Waals surface area contributed by atoms with Gasteiger partial charge < -0.3 is 9.47 Å². The third-order valence-corrected chi connectivity index (χ3v) is 7.72. The van der Waals surface area contributed by atoms with Gasteiger partial charge in [0.05, 0.1) is 30.2 Å². The second kappa shape index (κ2) is 24.9. The summed E-state index contributed by atoms with van der Waals surface area (Å²) >= 11 is 0. The summed E-state index contributed by atoms with van der Waals surface area (Å²) in [6.45, 7) is 5.76. The molecule has 0 spiro atoms. The molecule has 5 heteroatoms. The highest BCUT2D eigenvalue weighted by Crippen LogP contribution is 2.22. The average Bonchev–Trinajstić information content (AvgIpc) is 3.02. The zero-order valence-corrected chi connectivity index (χ0v) is 26.8. The Morgan fingerprint density at radius 3 is 1.33 bits per heavy atom. The van der Waals surface area contributed by atoms with Gasteiger partial charge in [0, 0.05) is 0 Å². The molecule has 0 fully saturated rings. The van der Waals surface area contributed by atoms with Gasteiger partial charge in [-0.25, -0.2) is 4.79 Å². The molecular formula is C37H58N2O3. The van der Waals surface area contributed by atoms with Crippen molar-refractivity contribution >= 4 is 17.3 Å². The van der Waals surface area contributed by atoms with Crippen LogP contribution in [0.3, 0.4) is 0 Å². The maximum Gasteiger partial charge on any atom is 0.338 e. The van der Waals surface area contributed by atoms with E-state index in [9.17, 15) is 4.79 Å². The molecule has 0 radical (unpaired) electrons. The van der Waals surface area contributed by atoms with Gasteiger partial charge in [0.25, 0.3) is 0 Å². The molecule has 2 aromatic rings. The fraction of sp³-hybridized carbons (Fsp3) is 0.649. The van der Waals surface area contributed by atoms with E-state index in [1.807, 2.05) is 24.3 Å². The first-order valence-electron chi connectivity index (χ1n) is 17.1. The fourth-order valence-corrected chi connectivity index (χ4v) is 5.01. The van der Waals surface area contributed by atoms with Crippen LogP contribution < -0.4 is 4.74 Å². The highest BCUT2D eigenvalue weighted by Gasteiger charge is 2.07. The Balaban J connectivity index is 1.52. The molecule has 0 heterocycles. The van der Waals surface area contributed by atoms with Crippen molar-refractivity contribution in [3.63, 3.8) is 0 Å². The van der Waals surface area contributed by atoms with E-state index in [4.69, 9.17) is 9.47 Å². The Morgan fingerprint density at radius 1 is 0.500 bits per heavy atom. The van der Waals surface area contributed by atoms with Crippen molar-refractivity contribution in [3.8, 4) is 5.75 Å². The summed E-state index contributed by atoms with van der Waals surface area (Å²) in [7, 11) is 0. The van der Waals surface area contributed by atoms with Gasteiger partial charge >= 0.3 is 5.97 Å². The summed E-state index contributed by atoms with van der Waals surface area (Å²) in [4.78, 5) is 12.4. The first kappa shape index (κ1) is 35.5. The predicted octanol–water partition coefficient (Wildman–Crippen LogP) is 12.5. The number of hydrogen-bond acceptors (Lipinski definition) is 5. The van der Waals surface area contributed by atoms with Crippen molar-refractivity contribution in [1.82, 2.24) is 0 Å². The van der Waals surface area contributed by atoms with Gasteiger partial charge in [-0.15, -0.1) is 0 Å². The molecule has 2 aromatic carbocycles. The number of benzene rings is 2. The number of nitrogens with zero attached hydrogens (tertiary/aromatic N) is 2. The maximum atomic E-state index is 12.4. The molecule has 0 aliphatic rings. The Morgan fingerprint density at radius 2 is 0.881 bits per heavy atom. The largest absolute Gasteiger partial charge is 0.494 e. The summed E-state index contributed by atoms with van der Waals surface area (Å²) in [5.74, 6) is 0.589. The number of hydrogen-bond donors (Lipinski definition) is 0. The molecule has 0 amide bonds. The average molecular weight is 579 g/mol. The quantitative estimate of drug-likeness (QED) is 0.0633. The maximum absolute atomic E-state index is 12.4. The summed E-state index contributed by atoms with van der Waals surface area (Å²) in [6, 6.07) is 14.8. The van der Waals surface area contributed by atoms with Crippen LogP contribution in [0.5, 0.6) is 5.75 Å². The lowest BCUT2D eigenvalue weighted by molar-refractivity contribution is 0.0497. The van der Waals surface area contributed by atoms with Gasteiger partial charge in [0.2, 0.25) is 0 Å². The van der Waals surface area contributed by atoms with Crippen LogP contribution in [-0.2, 0) is 4.74 Å². The highest BCUT2D eigenvalue weighted by molar-refractivity contribution is 5.89. The number of carbonyl (C=O) groups is 1. The molecule has 0 saturated heterocycles. The highest BCUT2D eigenvalue weighted by atomic mass is 16.5. The molecule has 0 aliphatic heterocycles. The molecule has 0 atom stereocenters. The lowest BCUT2D eigenvalue weighted by Crippen LogP contribution is -2.06. The summed E-state index contributed by atoms with van der Waals surface area (Å²) < 4.78 is 11.3. The number of carbonyl (C=O) groups excluding carboxylic acids is 1. The number of unbranched alkanes of at least 4 members (excludes halogenated alkanes) is 18. The lowest BCUT2D eigenvalue weighted by atomic mass is 10.0. The Kier molecular flexibility index (Phi) is 21.0. The minimum Gasteiger partial charge on any atom is -0.494 e. The summed E-state index contributed by atoms with van der Waals surface area (Å²) in [6.07, 6.45) is 25.9. The first-order chi connectivity index (χ1) is 20.7. The zero-order valence-electron chi connectivity index (χ0n) is 26.8. The van der Waals surface area contributed by atoms with Crippen LogP contribution in [0.4, 0.5) is 11.4 Å². The molecule has 0 aliphatic carbocycles. The molecule has 5 nitrogen and oxygen atoms in total. The van der Waals surface area contributed by atoms with E-state index in [-0.39, 0.29) is 5.97 Å². The van der Waals surface area contributed by atoms with Gasteiger partial charge in [-0.3, -0.25) is 0 Å². The number of azo groups is 1. The van der Waals surface area contributed by atoms with Crippen LogP contribution in [0.1, 0.15) is 153 Å². The van der Waals surface area contributed by atoms with Crippen LogP contribution in [0.25, 0.3) is 0 Å². The van der Waals surface area contributed by atoms with Gasteiger partial charge in [0.15, 0.2) is 0 Å². The molecular weight excluding hydrogens is 520 g/mol. The Hall–Kier alpha value is -2.69. The van der Waals surface area contributed by atoms with Crippen molar-refractivity contribution in [2.45, 2.75) is 142 Å². The molecule has 234 valence electrons. The molecule has 0 unspecified atom stereocenters. The van der Waals surface area contributed by atoms with Crippen molar-refractivity contribution in [1.29, 1.82) is 0 Å². The van der Waals surface area contributed by atoms with Crippen molar-refractivity contribution in [2.75, 3.05) is 13.2 Å². The van der Waals surface area contributed by atoms with E-state index < -0.39 is 0 Å². The van der Waals surface area contributed by atoms with Crippen LogP contribution in [-0.4, -0.2) is 19.2 Å². The zero-order chi connectivity index (χ0) is 29.9. The molecule has 0 bridgehead atoms. The molecule has 0 saturated carbocycles. The molecule has 42 heavy (non-hydrogen) atoms. The van der Waals surface area contributed by atoms with Gasteiger partial charge in [-0.2, -0.15) is 10.2 Å². The summed E-state index contributed by atoms with van der Waals surface area (Å²) in [5, 5.41) is 8.61. The third-order valence-electron chi connectivity index (χ3n) is 7.72. The molecule has 0 aromatic heterocycles. The lowest BCUT2D eigenvalue weighted by Gasteiger charge is -2.06. The second-order valence-corrected chi connectivity index (χ2v) is 11.6. The smallest absolute Gasteiger partial charge is 0.338 e. The van der Waals surface area contributed by atoms with Crippen LogP contribution >= 0.6 is 0 Å². The normalized spacial score (nSPS) is 11.3. The number of ether oxygens (including phenoxy) is 2. The van der Waals surface area contributed by atoms with E-state index >= 15 is 0 Å². The fourth-order valence-electron chi connectivity index (χ4n) is 5.01. The predicted molar refractivity (Wildman–Crippen MR) is 177 cm³/mol. The van der Waals surface area contributed by atoms with E-state index in [0.29, 0.717) is 17.9 Å². The van der Waals surface area contributed by atoms with Crippen LogP contribution in [0.2, 0.25) is 0 Å². The topological polar surface area (TPSA) is 60.2 Å². The van der Waals surface area contributed by atoms with Crippen molar-refractivity contribution in [2.24, 2.45) is 10.2 Å². The van der Waals surface area contributed by atoms with Crippen LogP contribution in [0.15, 0.2) is 58.8 Å². The van der Waals surface area contributed by atoms with Gasteiger partial charge in [0.1, 0.15) is 5.75 Å². The van der Waals surface area contributed by atoms with Crippen molar-refractivity contribution in [3.05, 3.63) is 54.1 Å². The molecule has 2 rings (SSSR count). The van der Waals surface area contributed by atoms with E-state index in [1.54, 1.807) is 24.3 Å². The minimum atomic E-state index is -0.274. The van der Waals surface area contributed by atoms with E-state index in [1.165, 1.54) is 109 Å². The Bertz CT molecular complexity index is 940. The van der Waals surface area contributed by atoms with Gasteiger partial charge in [-0.05, 0) is 61.4 Å². The number of esters is 1. The number of rotatable bonds is 26. The third kappa shape index (κ3) is 18.0.